The molecule has 3 aromatic rings. The van der Waals surface area contributed by atoms with Crippen LogP contribution in [0.25, 0.3) is 0 Å². The highest BCUT2D eigenvalue weighted by atomic mass is 32.1. The number of aromatic nitrogens is 1. The van der Waals surface area contributed by atoms with Crippen molar-refractivity contribution in [3.05, 3.63) is 75.9 Å². The van der Waals surface area contributed by atoms with Gasteiger partial charge >= 0.3 is 0 Å². The summed E-state index contributed by atoms with van der Waals surface area (Å²) in [5, 5.41) is 6.50. The number of thiophene rings is 1. The Kier molecular flexibility index (Phi) is 6.62. The first-order valence-electron chi connectivity index (χ1n) is 10.4. The lowest BCUT2D eigenvalue weighted by Crippen LogP contribution is -2.26. The molecule has 4 rings (SSSR count). The number of pyridine rings is 1. The average molecular weight is 436 g/mol. The van der Waals surface area contributed by atoms with E-state index >= 15 is 0 Å². The zero-order valence-electron chi connectivity index (χ0n) is 17.4. The van der Waals surface area contributed by atoms with Crippen LogP contribution < -0.4 is 15.4 Å². The van der Waals surface area contributed by atoms with E-state index in [9.17, 15) is 9.59 Å². The van der Waals surface area contributed by atoms with Crippen LogP contribution in [0.5, 0.6) is 5.75 Å². The molecular weight excluding hydrogens is 410 g/mol. The molecule has 0 fully saturated rings. The number of aryl methyl sites for hydroxylation is 2. The van der Waals surface area contributed by atoms with Crippen molar-refractivity contribution >= 4 is 28.2 Å². The second-order valence-corrected chi connectivity index (χ2v) is 8.67. The molecule has 7 heteroatoms. The molecule has 2 amide bonds. The molecule has 1 aromatic carbocycles. The van der Waals surface area contributed by atoms with Crippen LogP contribution in [0.15, 0.2) is 48.8 Å². The summed E-state index contributed by atoms with van der Waals surface area (Å²) in [5.74, 6) is 0.235. The van der Waals surface area contributed by atoms with Crippen molar-refractivity contribution in [1.82, 2.24) is 10.3 Å². The number of para-hydroxylation sites is 1. The minimum absolute atomic E-state index is 0.107. The van der Waals surface area contributed by atoms with Crippen LogP contribution in [-0.4, -0.2) is 23.4 Å². The van der Waals surface area contributed by atoms with Crippen molar-refractivity contribution in [3.63, 3.8) is 0 Å². The number of carbonyl (C=O) groups is 2. The summed E-state index contributed by atoms with van der Waals surface area (Å²) in [6.07, 6.45) is 7.39. The number of carbonyl (C=O) groups excluding carboxylic acids is 2. The first-order chi connectivity index (χ1) is 15.1. The van der Waals surface area contributed by atoms with Gasteiger partial charge in [-0.2, -0.15) is 0 Å². The minimum atomic E-state index is -0.275. The molecule has 0 radical (unpaired) electrons. The van der Waals surface area contributed by atoms with Crippen molar-refractivity contribution in [1.29, 1.82) is 0 Å². The molecule has 2 heterocycles. The van der Waals surface area contributed by atoms with Crippen molar-refractivity contribution in [2.75, 3.05) is 11.9 Å². The highest BCUT2D eigenvalue weighted by molar-refractivity contribution is 7.17. The van der Waals surface area contributed by atoms with Gasteiger partial charge in [-0.15, -0.1) is 11.3 Å². The molecule has 160 valence electrons. The zero-order chi connectivity index (χ0) is 21.6. The van der Waals surface area contributed by atoms with Gasteiger partial charge in [0.15, 0.2) is 6.61 Å². The topological polar surface area (TPSA) is 80.3 Å². The Hall–Kier alpha value is -3.19. The summed E-state index contributed by atoms with van der Waals surface area (Å²) in [6, 6.07) is 11.3. The van der Waals surface area contributed by atoms with Gasteiger partial charge in [0.2, 0.25) is 0 Å². The summed E-state index contributed by atoms with van der Waals surface area (Å²) in [4.78, 5) is 30.9. The standard InChI is InChI=1S/C24H25N3O3S/c1-16-7-2-4-10-19(16)30-15-21(28)27-24-22(18-9-3-5-11-20(18)31-24)23(29)26-14-17-8-6-12-25-13-17/h2,4,6-8,10,12-13H,3,5,9,11,14-15H2,1H3,(H,26,29)(H,27,28). The number of hydrogen-bond acceptors (Lipinski definition) is 5. The molecule has 0 aliphatic heterocycles. The first kappa shape index (κ1) is 21.1. The molecule has 2 N–H and O–H groups in total. The van der Waals surface area contributed by atoms with E-state index in [4.69, 9.17) is 4.74 Å². The van der Waals surface area contributed by atoms with Gasteiger partial charge in [0.05, 0.1) is 5.56 Å². The Bertz CT molecular complexity index is 1080. The SMILES string of the molecule is Cc1ccccc1OCC(=O)Nc1sc2c(c1C(=O)NCc1cccnc1)CCCC2. The van der Waals surface area contributed by atoms with Crippen molar-refractivity contribution in [2.24, 2.45) is 0 Å². The van der Waals surface area contributed by atoms with Gasteiger partial charge in [0.1, 0.15) is 10.8 Å². The summed E-state index contributed by atoms with van der Waals surface area (Å²) in [7, 11) is 0. The van der Waals surface area contributed by atoms with Gasteiger partial charge in [-0.25, -0.2) is 0 Å². The van der Waals surface area contributed by atoms with E-state index in [1.54, 1.807) is 12.4 Å². The Morgan fingerprint density at radius 2 is 1.97 bits per heavy atom. The lowest BCUT2D eigenvalue weighted by atomic mass is 9.95. The van der Waals surface area contributed by atoms with E-state index < -0.39 is 0 Å². The van der Waals surface area contributed by atoms with E-state index in [1.807, 2.05) is 43.3 Å². The van der Waals surface area contributed by atoms with Gasteiger partial charge in [-0.3, -0.25) is 14.6 Å². The third-order valence-corrected chi connectivity index (χ3v) is 6.49. The first-order valence-corrected chi connectivity index (χ1v) is 11.2. The Labute approximate surface area is 185 Å². The van der Waals surface area contributed by atoms with Crippen LogP contribution in [0.4, 0.5) is 5.00 Å². The molecule has 0 unspecified atom stereocenters. The molecule has 6 nitrogen and oxygen atoms in total. The number of benzene rings is 1. The van der Waals surface area contributed by atoms with Gasteiger partial charge < -0.3 is 15.4 Å². The van der Waals surface area contributed by atoms with Crippen molar-refractivity contribution in [2.45, 2.75) is 39.2 Å². The second-order valence-electron chi connectivity index (χ2n) is 7.56. The maximum absolute atomic E-state index is 13.1. The normalized spacial score (nSPS) is 12.7. The number of hydrogen-bond donors (Lipinski definition) is 2. The molecule has 0 atom stereocenters. The molecule has 0 bridgehead atoms. The molecule has 0 spiro atoms. The fourth-order valence-electron chi connectivity index (χ4n) is 3.69. The molecule has 31 heavy (non-hydrogen) atoms. The van der Waals surface area contributed by atoms with E-state index in [1.165, 1.54) is 16.2 Å². The summed E-state index contributed by atoms with van der Waals surface area (Å²) in [5.41, 5.74) is 3.55. The predicted octanol–water partition coefficient (Wildman–Crippen LogP) is 4.28. The number of fused-ring (bicyclic) bond motifs is 1. The minimum Gasteiger partial charge on any atom is -0.483 e. The summed E-state index contributed by atoms with van der Waals surface area (Å²) < 4.78 is 5.66. The number of ether oxygens (including phenoxy) is 1. The van der Waals surface area contributed by atoms with E-state index in [0.29, 0.717) is 22.9 Å². The second kappa shape index (κ2) is 9.75. The van der Waals surface area contributed by atoms with E-state index in [0.717, 1.165) is 42.4 Å². The van der Waals surface area contributed by atoms with Gasteiger partial charge in [0, 0.05) is 23.8 Å². The van der Waals surface area contributed by atoms with E-state index in [2.05, 4.69) is 15.6 Å². The fraction of sp³-hybridized carbons (Fsp3) is 0.292. The lowest BCUT2D eigenvalue weighted by molar-refractivity contribution is -0.118. The van der Waals surface area contributed by atoms with Crippen LogP contribution in [0.2, 0.25) is 0 Å². The maximum Gasteiger partial charge on any atom is 0.262 e. The highest BCUT2D eigenvalue weighted by Crippen LogP contribution is 2.38. The Morgan fingerprint density at radius 1 is 1.13 bits per heavy atom. The summed E-state index contributed by atoms with van der Waals surface area (Å²) >= 11 is 1.50. The average Bonchev–Trinajstić information content (AvgIpc) is 3.15. The predicted molar refractivity (Wildman–Crippen MR) is 122 cm³/mol. The Balaban J connectivity index is 1.47. The lowest BCUT2D eigenvalue weighted by Gasteiger charge is -2.13. The molecule has 2 aromatic heterocycles. The van der Waals surface area contributed by atoms with Crippen LogP contribution in [0.1, 0.15) is 44.8 Å². The third kappa shape index (κ3) is 5.11. The Morgan fingerprint density at radius 3 is 2.77 bits per heavy atom. The smallest absolute Gasteiger partial charge is 0.262 e. The molecular formula is C24H25N3O3S. The number of rotatable bonds is 7. The van der Waals surface area contributed by atoms with Gasteiger partial charge in [-0.05, 0) is 61.4 Å². The van der Waals surface area contributed by atoms with Gasteiger partial charge in [-0.1, -0.05) is 24.3 Å². The van der Waals surface area contributed by atoms with Crippen LogP contribution in [0, 0.1) is 6.92 Å². The number of nitrogens with zero attached hydrogens (tertiary/aromatic N) is 1. The maximum atomic E-state index is 13.1. The molecule has 0 saturated heterocycles. The molecule has 1 aliphatic carbocycles. The molecule has 0 saturated carbocycles. The quantitative estimate of drug-likeness (QED) is 0.581. The van der Waals surface area contributed by atoms with Crippen LogP contribution >= 0.6 is 11.3 Å². The number of amides is 2. The van der Waals surface area contributed by atoms with E-state index in [-0.39, 0.29) is 18.4 Å². The third-order valence-electron chi connectivity index (χ3n) is 5.28. The van der Waals surface area contributed by atoms with Crippen LogP contribution in [0.3, 0.4) is 0 Å². The molecule has 1 aliphatic rings. The van der Waals surface area contributed by atoms with Crippen molar-refractivity contribution in [3.8, 4) is 5.75 Å². The largest absolute Gasteiger partial charge is 0.483 e. The summed E-state index contributed by atoms with van der Waals surface area (Å²) in [6.45, 7) is 2.22. The number of nitrogens with one attached hydrogen (secondary N) is 2. The highest BCUT2D eigenvalue weighted by Gasteiger charge is 2.26. The fourth-order valence-corrected chi connectivity index (χ4v) is 4.99. The van der Waals surface area contributed by atoms with Gasteiger partial charge in [0.25, 0.3) is 11.8 Å². The van der Waals surface area contributed by atoms with Crippen LogP contribution in [-0.2, 0) is 24.2 Å². The number of anilines is 1. The monoisotopic (exact) mass is 435 g/mol. The van der Waals surface area contributed by atoms with Crippen molar-refractivity contribution < 1.29 is 14.3 Å². The zero-order valence-corrected chi connectivity index (χ0v) is 18.3.